The van der Waals surface area contributed by atoms with Crippen molar-refractivity contribution in [3.05, 3.63) is 5.82 Å². The smallest absolute Gasteiger partial charge is 0.214 e. The maximum atomic E-state index is 11.8. The highest BCUT2D eigenvalue weighted by atomic mass is 32.2. The quantitative estimate of drug-likeness (QED) is 0.748. The van der Waals surface area contributed by atoms with E-state index in [1.807, 2.05) is 6.92 Å². The minimum atomic E-state index is -3.11. The summed E-state index contributed by atoms with van der Waals surface area (Å²) >= 11 is 0. The van der Waals surface area contributed by atoms with Crippen LogP contribution in [0.2, 0.25) is 0 Å². The molecule has 0 amide bonds. The van der Waals surface area contributed by atoms with Crippen LogP contribution in [0.1, 0.15) is 31.6 Å². The second kappa shape index (κ2) is 3.74. The van der Waals surface area contributed by atoms with Crippen molar-refractivity contribution in [3.8, 4) is 0 Å². The first-order chi connectivity index (χ1) is 8.06. The molecule has 1 aromatic heterocycles. The monoisotopic (exact) mass is 257 g/mol. The van der Waals surface area contributed by atoms with Crippen LogP contribution in [-0.2, 0) is 16.6 Å². The van der Waals surface area contributed by atoms with Gasteiger partial charge in [-0.3, -0.25) is 0 Å². The molecular weight excluding hydrogens is 242 g/mol. The molecule has 0 radical (unpaired) electrons. The summed E-state index contributed by atoms with van der Waals surface area (Å²) in [5, 5.41) is 11.5. The highest BCUT2D eigenvalue weighted by Gasteiger charge is 2.36. The third-order valence-electron chi connectivity index (χ3n) is 3.18. The summed E-state index contributed by atoms with van der Waals surface area (Å²) in [5.41, 5.74) is 0. The Morgan fingerprint density at radius 2 is 2.18 bits per heavy atom. The lowest BCUT2D eigenvalue weighted by Gasteiger charge is -2.13. The third kappa shape index (κ3) is 2.06. The van der Waals surface area contributed by atoms with Gasteiger partial charge < -0.3 is 0 Å². The summed E-state index contributed by atoms with van der Waals surface area (Å²) in [6.45, 7) is 2.82. The molecule has 0 aromatic carbocycles. The van der Waals surface area contributed by atoms with Gasteiger partial charge in [0.15, 0.2) is 5.82 Å². The number of tetrazole rings is 1. The minimum Gasteiger partial charge on any atom is -0.225 e. The van der Waals surface area contributed by atoms with Crippen LogP contribution in [0.25, 0.3) is 0 Å². The van der Waals surface area contributed by atoms with Crippen LogP contribution in [0.5, 0.6) is 0 Å². The molecule has 94 valence electrons. The van der Waals surface area contributed by atoms with Crippen LogP contribution in [0, 0.1) is 5.92 Å². The summed E-state index contributed by atoms with van der Waals surface area (Å²) in [5.74, 6) is 1.08. The van der Waals surface area contributed by atoms with Crippen molar-refractivity contribution in [2.24, 2.45) is 5.92 Å². The summed E-state index contributed by atoms with van der Waals surface area (Å²) in [6.07, 6.45) is 2.17. The van der Waals surface area contributed by atoms with Gasteiger partial charge in [-0.2, -0.15) is 4.31 Å². The Hall–Kier alpha value is -1.02. The van der Waals surface area contributed by atoms with Crippen LogP contribution in [0.3, 0.4) is 0 Å². The molecule has 3 rings (SSSR count). The van der Waals surface area contributed by atoms with Gasteiger partial charge in [-0.25, -0.2) is 13.1 Å². The first-order valence-corrected chi connectivity index (χ1v) is 7.42. The molecule has 1 saturated carbocycles. The lowest BCUT2D eigenvalue weighted by atomic mass is 10.2. The van der Waals surface area contributed by atoms with Crippen molar-refractivity contribution >= 4 is 10.0 Å². The SMILES string of the molecule is CC1CN(Cc2nnnn2C2CC2)S(=O)(=O)C1. The molecule has 0 bridgehead atoms. The zero-order valence-corrected chi connectivity index (χ0v) is 10.5. The van der Waals surface area contributed by atoms with Gasteiger partial charge in [-0.15, -0.1) is 5.10 Å². The molecule has 0 spiro atoms. The maximum absolute atomic E-state index is 11.8. The van der Waals surface area contributed by atoms with E-state index in [1.165, 1.54) is 4.31 Å². The summed E-state index contributed by atoms with van der Waals surface area (Å²) in [7, 11) is -3.11. The zero-order chi connectivity index (χ0) is 12.0. The number of sulfonamides is 1. The van der Waals surface area contributed by atoms with E-state index in [0.717, 1.165) is 12.8 Å². The van der Waals surface area contributed by atoms with Crippen LogP contribution >= 0.6 is 0 Å². The first-order valence-electron chi connectivity index (χ1n) is 5.81. The van der Waals surface area contributed by atoms with E-state index in [-0.39, 0.29) is 11.7 Å². The van der Waals surface area contributed by atoms with Gasteiger partial charge in [0.05, 0.1) is 18.3 Å². The van der Waals surface area contributed by atoms with Gasteiger partial charge in [-0.05, 0) is 29.2 Å². The summed E-state index contributed by atoms with van der Waals surface area (Å²) < 4.78 is 26.9. The van der Waals surface area contributed by atoms with E-state index in [2.05, 4.69) is 15.5 Å². The Morgan fingerprint density at radius 1 is 1.41 bits per heavy atom. The first kappa shape index (κ1) is 11.1. The predicted molar refractivity (Wildman–Crippen MR) is 59.4 cm³/mol. The fourth-order valence-electron chi connectivity index (χ4n) is 2.22. The average Bonchev–Trinajstić information content (AvgIpc) is 2.91. The molecule has 8 heteroatoms. The van der Waals surface area contributed by atoms with Crippen molar-refractivity contribution < 1.29 is 8.42 Å². The topological polar surface area (TPSA) is 81.0 Å². The zero-order valence-electron chi connectivity index (χ0n) is 9.65. The molecule has 1 saturated heterocycles. The van der Waals surface area contributed by atoms with Gasteiger partial charge in [0.1, 0.15) is 0 Å². The Labute approximate surface area is 99.8 Å². The Morgan fingerprint density at radius 3 is 2.76 bits per heavy atom. The van der Waals surface area contributed by atoms with Crippen molar-refractivity contribution in [2.45, 2.75) is 32.4 Å². The number of nitrogens with zero attached hydrogens (tertiary/aromatic N) is 5. The molecule has 2 fully saturated rings. The molecule has 1 aliphatic carbocycles. The number of hydrogen-bond acceptors (Lipinski definition) is 5. The Balaban J connectivity index is 1.80. The van der Waals surface area contributed by atoms with E-state index < -0.39 is 10.0 Å². The molecule has 17 heavy (non-hydrogen) atoms. The van der Waals surface area contributed by atoms with Gasteiger partial charge in [-0.1, -0.05) is 6.92 Å². The summed E-state index contributed by atoms with van der Waals surface area (Å²) in [4.78, 5) is 0. The molecule has 2 aliphatic rings. The van der Waals surface area contributed by atoms with Gasteiger partial charge in [0, 0.05) is 6.54 Å². The minimum absolute atomic E-state index is 0.185. The van der Waals surface area contributed by atoms with Crippen molar-refractivity contribution in [2.75, 3.05) is 12.3 Å². The Kier molecular flexibility index (Phi) is 2.44. The molecule has 1 unspecified atom stereocenters. The van der Waals surface area contributed by atoms with Gasteiger partial charge in [0.25, 0.3) is 0 Å². The van der Waals surface area contributed by atoms with Crippen LogP contribution in [0.15, 0.2) is 0 Å². The lowest BCUT2D eigenvalue weighted by molar-refractivity contribution is 0.388. The fourth-order valence-corrected chi connectivity index (χ4v) is 4.05. The molecule has 1 aromatic rings. The molecule has 1 atom stereocenters. The second-order valence-electron chi connectivity index (χ2n) is 4.95. The van der Waals surface area contributed by atoms with Crippen molar-refractivity contribution in [1.82, 2.24) is 24.5 Å². The van der Waals surface area contributed by atoms with Crippen molar-refractivity contribution in [3.63, 3.8) is 0 Å². The van der Waals surface area contributed by atoms with Crippen LogP contribution < -0.4 is 0 Å². The summed E-state index contributed by atoms with van der Waals surface area (Å²) in [6, 6.07) is 0.378. The predicted octanol–water partition coefficient (Wildman–Crippen LogP) is -0.211. The lowest BCUT2D eigenvalue weighted by Crippen LogP contribution is -2.27. The molecule has 2 heterocycles. The molecule has 7 nitrogen and oxygen atoms in total. The fraction of sp³-hybridized carbons (Fsp3) is 0.889. The van der Waals surface area contributed by atoms with E-state index in [1.54, 1.807) is 4.68 Å². The van der Waals surface area contributed by atoms with Crippen molar-refractivity contribution in [1.29, 1.82) is 0 Å². The maximum Gasteiger partial charge on any atom is 0.214 e. The normalized spacial score (nSPS) is 28.6. The van der Waals surface area contributed by atoms with E-state index in [4.69, 9.17) is 0 Å². The van der Waals surface area contributed by atoms with E-state index in [9.17, 15) is 8.42 Å². The molecule has 1 aliphatic heterocycles. The number of rotatable bonds is 3. The van der Waals surface area contributed by atoms with Gasteiger partial charge >= 0.3 is 0 Å². The highest BCUT2D eigenvalue weighted by molar-refractivity contribution is 7.89. The number of aromatic nitrogens is 4. The standard InChI is InChI=1S/C9H15N5O2S/c1-7-4-13(17(15,16)6-7)5-9-10-11-12-14(9)8-2-3-8/h7-8H,2-6H2,1H3. The van der Waals surface area contributed by atoms with E-state index >= 15 is 0 Å². The molecule has 0 N–H and O–H groups in total. The van der Waals surface area contributed by atoms with Crippen LogP contribution in [-0.4, -0.2) is 45.2 Å². The van der Waals surface area contributed by atoms with Gasteiger partial charge in [0.2, 0.25) is 10.0 Å². The highest BCUT2D eigenvalue weighted by Crippen LogP contribution is 2.34. The van der Waals surface area contributed by atoms with Crippen LogP contribution in [0.4, 0.5) is 0 Å². The number of hydrogen-bond donors (Lipinski definition) is 0. The molecular formula is C9H15N5O2S. The largest absolute Gasteiger partial charge is 0.225 e. The van der Waals surface area contributed by atoms with E-state index in [0.29, 0.717) is 25.0 Å². The third-order valence-corrected chi connectivity index (χ3v) is 5.23. The Bertz CT molecular complexity index is 521. The average molecular weight is 257 g/mol. The second-order valence-corrected chi connectivity index (χ2v) is 6.96.